The van der Waals surface area contributed by atoms with Gasteiger partial charge in [0.2, 0.25) is 0 Å². The number of aryl methyl sites for hydroxylation is 1. The zero-order valence-electron chi connectivity index (χ0n) is 11.1. The molecule has 21 heavy (non-hydrogen) atoms. The number of nitrogens with two attached hydrogens (primary N) is 1. The van der Waals surface area contributed by atoms with Gasteiger partial charge < -0.3 is 5.43 Å². The minimum atomic E-state index is 0.487. The molecule has 2 aromatic heterocycles. The molecular formula is C13H12Cl2N6. The van der Waals surface area contributed by atoms with E-state index in [0.29, 0.717) is 28.1 Å². The predicted molar refractivity (Wildman–Crippen MR) is 83.4 cm³/mol. The third kappa shape index (κ3) is 2.53. The van der Waals surface area contributed by atoms with Gasteiger partial charge in [0.05, 0.1) is 17.6 Å². The maximum absolute atomic E-state index is 6.21. The first-order chi connectivity index (χ1) is 10.1. The summed E-state index contributed by atoms with van der Waals surface area (Å²) < 4.78 is 1.77. The fraction of sp³-hybridized carbons (Fsp3) is 0.154. The zero-order valence-corrected chi connectivity index (χ0v) is 12.7. The van der Waals surface area contributed by atoms with Gasteiger partial charge in [-0.2, -0.15) is 5.10 Å². The summed E-state index contributed by atoms with van der Waals surface area (Å²) in [7, 11) is 0. The minimum absolute atomic E-state index is 0.487. The van der Waals surface area contributed by atoms with Crippen LogP contribution in [0.15, 0.2) is 24.5 Å². The molecule has 0 aliphatic carbocycles. The van der Waals surface area contributed by atoms with E-state index in [1.165, 1.54) is 6.33 Å². The molecule has 0 saturated heterocycles. The highest BCUT2D eigenvalue weighted by molar-refractivity contribution is 6.35. The first kappa shape index (κ1) is 14.1. The molecule has 3 aromatic rings. The molecule has 2 heterocycles. The monoisotopic (exact) mass is 322 g/mol. The van der Waals surface area contributed by atoms with E-state index < -0.39 is 0 Å². The Morgan fingerprint density at radius 1 is 1.29 bits per heavy atom. The fourth-order valence-corrected chi connectivity index (χ4v) is 2.68. The number of benzene rings is 1. The van der Waals surface area contributed by atoms with Gasteiger partial charge in [-0.25, -0.2) is 20.5 Å². The molecule has 0 aliphatic heterocycles. The summed E-state index contributed by atoms with van der Waals surface area (Å²) in [5.41, 5.74) is 4.96. The lowest BCUT2D eigenvalue weighted by molar-refractivity contribution is 0.695. The number of nitrogen functional groups attached to an aromatic ring is 1. The lowest BCUT2D eigenvalue weighted by Gasteiger charge is -2.06. The molecule has 0 amide bonds. The summed E-state index contributed by atoms with van der Waals surface area (Å²) in [6.45, 7) is 2.37. The van der Waals surface area contributed by atoms with Crippen LogP contribution >= 0.6 is 23.2 Å². The van der Waals surface area contributed by atoms with Crippen molar-refractivity contribution in [1.29, 1.82) is 0 Å². The van der Waals surface area contributed by atoms with Gasteiger partial charge >= 0.3 is 0 Å². The first-order valence-electron chi connectivity index (χ1n) is 6.19. The highest BCUT2D eigenvalue weighted by Gasteiger charge is 2.14. The van der Waals surface area contributed by atoms with E-state index in [-0.39, 0.29) is 0 Å². The van der Waals surface area contributed by atoms with Crippen molar-refractivity contribution >= 4 is 40.1 Å². The van der Waals surface area contributed by atoms with Crippen molar-refractivity contribution in [2.45, 2.75) is 13.5 Å². The topological polar surface area (TPSA) is 81.7 Å². The number of nitrogens with zero attached hydrogens (tertiary/aromatic N) is 4. The molecule has 0 bridgehead atoms. The van der Waals surface area contributed by atoms with E-state index in [2.05, 4.69) is 20.5 Å². The van der Waals surface area contributed by atoms with E-state index in [0.717, 1.165) is 16.6 Å². The SMILES string of the molecule is Cc1nn(Cc2ccc(Cl)cc2Cl)c2ncnc(NN)c12. The predicted octanol–water partition coefficient (Wildman–Crippen LogP) is 2.78. The summed E-state index contributed by atoms with van der Waals surface area (Å²) in [4.78, 5) is 8.37. The summed E-state index contributed by atoms with van der Waals surface area (Å²) in [6.07, 6.45) is 1.44. The molecule has 3 N–H and O–H groups in total. The highest BCUT2D eigenvalue weighted by Crippen LogP contribution is 2.25. The number of hydrogen-bond donors (Lipinski definition) is 2. The molecule has 1 aromatic carbocycles. The average Bonchev–Trinajstić information content (AvgIpc) is 2.79. The van der Waals surface area contributed by atoms with Gasteiger partial charge in [0.25, 0.3) is 0 Å². The molecule has 0 spiro atoms. The van der Waals surface area contributed by atoms with E-state index in [1.54, 1.807) is 16.8 Å². The second-order valence-corrected chi connectivity index (χ2v) is 5.39. The highest BCUT2D eigenvalue weighted by atomic mass is 35.5. The number of nitrogens with one attached hydrogen (secondary N) is 1. The van der Waals surface area contributed by atoms with Crippen LogP contribution in [0.1, 0.15) is 11.3 Å². The van der Waals surface area contributed by atoms with E-state index >= 15 is 0 Å². The second kappa shape index (κ2) is 5.48. The van der Waals surface area contributed by atoms with Crippen LogP contribution < -0.4 is 11.3 Å². The van der Waals surface area contributed by atoms with Crippen molar-refractivity contribution in [3.63, 3.8) is 0 Å². The molecule has 6 nitrogen and oxygen atoms in total. The number of fused-ring (bicyclic) bond motifs is 1. The number of hydrazine groups is 1. The quantitative estimate of drug-likeness (QED) is 0.572. The van der Waals surface area contributed by atoms with Crippen LogP contribution in [0.4, 0.5) is 5.82 Å². The third-order valence-electron chi connectivity index (χ3n) is 3.18. The van der Waals surface area contributed by atoms with Crippen molar-refractivity contribution in [1.82, 2.24) is 19.7 Å². The Morgan fingerprint density at radius 3 is 2.81 bits per heavy atom. The number of aromatic nitrogens is 4. The van der Waals surface area contributed by atoms with Crippen molar-refractivity contribution < 1.29 is 0 Å². The molecule has 8 heteroatoms. The van der Waals surface area contributed by atoms with Crippen molar-refractivity contribution in [3.05, 3.63) is 45.8 Å². The zero-order chi connectivity index (χ0) is 15.0. The Bertz CT molecular complexity index is 814. The number of hydrogen-bond acceptors (Lipinski definition) is 5. The normalized spacial score (nSPS) is 11.0. The van der Waals surface area contributed by atoms with Gasteiger partial charge in [0, 0.05) is 10.0 Å². The summed E-state index contributed by atoms with van der Waals surface area (Å²) in [6, 6.07) is 5.37. The van der Waals surface area contributed by atoms with Gasteiger partial charge in [-0.15, -0.1) is 0 Å². The maximum atomic E-state index is 6.21. The van der Waals surface area contributed by atoms with Crippen molar-refractivity contribution in [2.75, 3.05) is 5.43 Å². The second-order valence-electron chi connectivity index (χ2n) is 4.54. The van der Waals surface area contributed by atoms with Gasteiger partial charge in [0.1, 0.15) is 6.33 Å². The van der Waals surface area contributed by atoms with Gasteiger partial charge in [-0.1, -0.05) is 29.3 Å². The van der Waals surface area contributed by atoms with Crippen LogP contribution in [0.3, 0.4) is 0 Å². The standard InChI is InChI=1S/C13H12Cl2N6/c1-7-11-12(19-16)17-6-18-13(11)21(20-7)5-8-2-3-9(14)4-10(8)15/h2-4,6H,5,16H2,1H3,(H,17,18,19). The Morgan fingerprint density at radius 2 is 2.10 bits per heavy atom. The van der Waals surface area contributed by atoms with E-state index in [4.69, 9.17) is 29.0 Å². The van der Waals surface area contributed by atoms with Gasteiger partial charge in [0.15, 0.2) is 11.5 Å². The van der Waals surface area contributed by atoms with Crippen LogP contribution in [0.25, 0.3) is 11.0 Å². The van der Waals surface area contributed by atoms with Gasteiger partial charge in [-0.3, -0.25) is 0 Å². The van der Waals surface area contributed by atoms with Crippen LogP contribution in [-0.4, -0.2) is 19.7 Å². The molecule has 0 aliphatic rings. The molecule has 108 valence electrons. The Kier molecular flexibility index (Phi) is 3.67. The Hall–Kier alpha value is -1.89. The lowest BCUT2D eigenvalue weighted by Crippen LogP contribution is -2.09. The van der Waals surface area contributed by atoms with E-state index in [1.807, 2.05) is 13.0 Å². The fourth-order valence-electron chi connectivity index (χ4n) is 2.21. The molecule has 3 rings (SSSR count). The Labute approximate surface area is 130 Å². The number of halogens is 2. The molecule has 0 atom stereocenters. The van der Waals surface area contributed by atoms with Crippen LogP contribution in [-0.2, 0) is 6.54 Å². The van der Waals surface area contributed by atoms with Crippen LogP contribution in [0.5, 0.6) is 0 Å². The largest absolute Gasteiger partial charge is 0.308 e. The first-order valence-corrected chi connectivity index (χ1v) is 6.94. The van der Waals surface area contributed by atoms with Crippen molar-refractivity contribution in [2.24, 2.45) is 5.84 Å². The summed E-state index contributed by atoms with van der Waals surface area (Å²) >= 11 is 12.1. The minimum Gasteiger partial charge on any atom is -0.308 e. The van der Waals surface area contributed by atoms with Crippen molar-refractivity contribution in [3.8, 4) is 0 Å². The number of anilines is 1. The summed E-state index contributed by atoms with van der Waals surface area (Å²) in [5, 5.41) is 6.47. The average molecular weight is 323 g/mol. The summed E-state index contributed by atoms with van der Waals surface area (Å²) in [5.74, 6) is 6.02. The van der Waals surface area contributed by atoms with Gasteiger partial charge in [-0.05, 0) is 24.6 Å². The van der Waals surface area contributed by atoms with E-state index in [9.17, 15) is 0 Å². The lowest BCUT2D eigenvalue weighted by atomic mass is 10.2. The Balaban J connectivity index is 2.09. The molecule has 0 fully saturated rings. The smallest absolute Gasteiger partial charge is 0.163 e. The van der Waals surface area contributed by atoms with Crippen LogP contribution in [0.2, 0.25) is 10.0 Å². The third-order valence-corrected chi connectivity index (χ3v) is 3.76. The molecular weight excluding hydrogens is 311 g/mol. The maximum Gasteiger partial charge on any atom is 0.163 e. The molecule has 0 radical (unpaired) electrons. The molecule has 0 unspecified atom stereocenters. The molecule has 0 saturated carbocycles. The number of rotatable bonds is 3. The van der Waals surface area contributed by atoms with Crippen LogP contribution in [0, 0.1) is 6.92 Å².